The highest BCUT2D eigenvalue weighted by Gasteiger charge is 2.56. The molecular formula is C87H157FN12O30. The molecule has 42 nitrogen and oxygen atoms in total. The number of halogens is 1. The number of nitrogens with zero attached hydrogens (tertiary/aromatic N) is 4. The lowest BCUT2D eigenvalue weighted by Gasteiger charge is -2.49. The maximum Gasteiger partial charge on any atom is 0.341 e. The number of benzene rings is 1. The number of hydrogen-bond donors (Lipinski definition) is 24. The fourth-order valence-electron chi connectivity index (χ4n) is 18.3. The molecule has 10 rings (SSSR count). The number of nitrogens with two attached hydrogens (primary N) is 4. The third-order valence-corrected chi connectivity index (χ3v) is 26.9. The Bertz CT molecular complexity index is 3810. The first-order valence-corrected chi connectivity index (χ1v) is 45.8. The van der Waals surface area contributed by atoms with Crippen molar-refractivity contribution in [3.8, 4) is 0 Å². The molecule has 0 radical (unpaired) electrons. The van der Waals surface area contributed by atoms with Gasteiger partial charge in [0.05, 0.1) is 84.6 Å². The zero-order valence-electron chi connectivity index (χ0n) is 78.3. The standard InChI is InChI=1S/C38H72N2O12.C22H43N5O13.C17H18FN3O3.C10H24N2O2/c1-15-27-38(10,46)31(42)24(6)40(13)19-20(2)17-36(8,45)33(52-35-29(41)26(39(11)12)16-21(3)48-35)22(4)30(23(5)34(44)50-27)51-28-18-37(9,47-14)32(43)25(7)49-28;23-2-1-8(29)20(36)27-7-3-6(25)18(39-22-16(34)15(33)13(31)9(4-24)37-22)17(35)19(7)40-21-14(32)11(26)12(30)10(5-28)38-21;18-13-7-11-14(8-15(13)20-5-3-19-4-6-20)21(10-1-2-10)9-12(16(11)22)17(23)24;1-3-9(7-13)11-5-6-12-10(4-2)8-14/h20-33,35,41-43,45-46H,15-19H2,1-14H3;6-19,21-22,28-35H,1-5,23-26H2,(H,27,36);7-10,19H,1-6H2,(H,23,24);9-14H,3-8H2,1-2H3/t20-,21-,22+,23-,24-,25+,26+,27-,28+,29-,30+,31-,32+,33-,35+,36-,37-,38-;6-,7+,8-,9+,10+,11-,12+,13+,14+,15-,16+,17-,18+,19-,21+,22+;;/m10../s1. The maximum atomic E-state index is 14.6. The quantitative estimate of drug-likeness (QED) is 0.0267. The molecule has 8 aliphatic rings. The number of hydrogen-bond acceptors (Lipinski definition) is 39. The van der Waals surface area contributed by atoms with Gasteiger partial charge in [-0.1, -0.05) is 34.6 Å². The lowest BCUT2D eigenvalue weighted by molar-refractivity contribution is -0.332. The van der Waals surface area contributed by atoms with E-state index in [-0.39, 0.29) is 106 Å². The number of carboxylic acid groups (broad SMARTS) is 1. The minimum absolute atomic E-state index is 0.0101. The topological polar surface area (TPSA) is 651 Å². The predicted molar refractivity (Wildman–Crippen MR) is 472 cm³/mol. The monoisotopic (exact) mass is 1870 g/mol. The first kappa shape index (κ1) is 112. The zero-order valence-corrected chi connectivity index (χ0v) is 78.3. The van der Waals surface area contributed by atoms with Crippen LogP contribution in [0.15, 0.2) is 23.1 Å². The number of fused-ring (bicyclic) bond motifs is 1. The summed E-state index contributed by atoms with van der Waals surface area (Å²) in [6, 6.07) is -0.784. The second-order valence-electron chi connectivity index (χ2n) is 37.4. The number of aliphatic hydroxyl groups is 15. The summed E-state index contributed by atoms with van der Waals surface area (Å²) in [5.74, 6) is -5.18. The fourth-order valence-corrected chi connectivity index (χ4v) is 18.3. The number of amides is 1. The van der Waals surface area contributed by atoms with Gasteiger partial charge in [-0.05, 0) is 152 Å². The molecule has 2 aromatic rings. The number of carbonyl (C=O) groups is 3. The van der Waals surface area contributed by atoms with Crippen molar-refractivity contribution in [3.05, 3.63) is 39.9 Å². The van der Waals surface area contributed by atoms with E-state index in [1.54, 1.807) is 47.6 Å². The van der Waals surface area contributed by atoms with E-state index in [0.29, 0.717) is 37.3 Å². The number of esters is 1. The van der Waals surface area contributed by atoms with E-state index >= 15 is 0 Å². The molecule has 28 N–H and O–H groups in total. The summed E-state index contributed by atoms with van der Waals surface area (Å²) in [4.78, 5) is 56.3. The normalized spacial score (nSPS) is 39.3. The molecule has 0 spiro atoms. The average molecular weight is 1870 g/mol. The number of pyridine rings is 1. The first-order valence-electron chi connectivity index (χ1n) is 45.8. The Morgan fingerprint density at radius 1 is 0.731 bits per heavy atom. The van der Waals surface area contributed by atoms with Crippen molar-refractivity contribution in [2.45, 2.75) is 354 Å². The number of methoxy groups -OCH3 is 1. The van der Waals surface area contributed by atoms with Crippen LogP contribution in [0.25, 0.3) is 10.9 Å². The molecule has 130 heavy (non-hydrogen) atoms. The van der Waals surface area contributed by atoms with Gasteiger partial charge in [0.1, 0.15) is 109 Å². The molecule has 6 aliphatic heterocycles. The third-order valence-electron chi connectivity index (χ3n) is 26.9. The van der Waals surface area contributed by atoms with Crippen LogP contribution in [0.5, 0.6) is 0 Å². The Morgan fingerprint density at radius 2 is 1.32 bits per heavy atom. The molecule has 2 unspecified atom stereocenters. The Labute approximate surface area is 760 Å². The SMILES string of the molecule is CCC(CO)NCCNC(CC)CO.CC[C@H]1OC(=O)[C@H](C)[C@@H](O[C@H]2C[C@@](C)(OC)[C@@H](O)[C@H](C)O2)[C@H](C)[C@@H](O[C@@H]2O[C@H](C)C[C@H](N(C)C)[C@H]2O)[C@](C)(O)C[C@@H](C)CN(C)[C@H](C)[C@@H](O)[C@]1(C)O.NCC[C@H](O)C(=O)N[C@@H]1C[C@H](N)[C@@H](O[C@H]2O[C@H](CN)[C@@H](O)[C@H](O)[C@H]2O)[C@H](O)[C@H]1O[C@H]1O[C@H](CO)[C@@H](O)[C@H](N)[C@H]1O.O=C(O)c1cn(C2CC2)c2cc(N3CCNCC3)c(F)cc2c1=O. The number of likely N-dealkylation sites (N-methyl/N-ethyl adjacent to an activating group) is 2. The number of anilines is 1. The predicted octanol–water partition coefficient (Wildman–Crippen LogP) is -5.23. The van der Waals surface area contributed by atoms with Crippen LogP contribution in [0.4, 0.5) is 10.1 Å². The fraction of sp³-hybridized carbons (Fsp3) is 0.862. The van der Waals surface area contributed by atoms with E-state index in [0.717, 1.165) is 51.9 Å². The molecule has 2 saturated carbocycles. The Morgan fingerprint density at radius 3 is 1.87 bits per heavy atom. The summed E-state index contributed by atoms with van der Waals surface area (Å²) < 4.78 is 76.5. The maximum absolute atomic E-state index is 14.6. The van der Waals surface area contributed by atoms with Crippen molar-refractivity contribution >= 4 is 34.4 Å². The lowest BCUT2D eigenvalue weighted by atomic mass is 9.77. The summed E-state index contributed by atoms with van der Waals surface area (Å²) in [6.45, 7) is 26.2. The average Bonchev–Trinajstić information content (AvgIpc) is 1.37. The molecule has 2 aliphatic carbocycles. The van der Waals surface area contributed by atoms with Crippen molar-refractivity contribution < 1.29 is 148 Å². The van der Waals surface area contributed by atoms with Crippen molar-refractivity contribution in [1.29, 1.82) is 0 Å². The van der Waals surface area contributed by atoms with E-state index < -0.39 is 224 Å². The number of rotatable bonds is 29. The van der Waals surface area contributed by atoms with Gasteiger partial charge < -0.3 is 193 Å². The molecule has 0 bridgehead atoms. The second kappa shape index (κ2) is 50.5. The summed E-state index contributed by atoms with van der Waals surface area (Å²) in [6.07, 6.45) is -22.8. The highest BCUT2D eigenvalue weighted by Crippen LogP contribution is 2.43. The van der Waals surface area contributed by atoms with E-state index in [1.807, 2.05) is 75.0 Å². The number of carboxylic acids is 1. The molecule has 36 atom stereocenters. The summed E-state index contributed by atoms with van der Waals surface area (Å²) in [5, 5.41) is 180. The number of aromatic carboxylic acids is 1. The highest BCUT2D eigenvalue weighted by molar-refractivity contribution is 5.93. The minimum atomic E-state index is -1.80. The van der Waals surface area contributed by atoms with E-state index in [4.69, 9.17) is 80.5 Å². The van der Waals surface area contributed by atoms with Gasteiger partial charge >= 0.3 is 11.9 Å². The number of nitrogens with one attached hydrogen (secondary N) is 4. The second-order valence-corrected chi connectivity index (χ2v) is 37.4. The molecule has 1 aromatic carbocycles. The van der Waals surface area contributed by atoms with Gasteiger partial charge in [0.2, 0.25) is 11.3 Å². The number of aromatic nitrogens is 1. The van der Waals surface area contributed by atoms with Crippen molar-refractivity contribution in [1.82, 2.24) is 35.6 Å². The van der Waals surface area contributed by atoms with Crippen LogP contribution in [-0.4, -0.2) is 421 Å². The molecule has 1 amide bonds. The van der Waals surface area contributed by atoms with Gasteiger partial charge in [-0.15, -0.1) is 0 Å². The van der Waals surface area contributed by atoms with Gasteiger partial charge in [-0.2, -0.15) is 0 Å². The molecule has 43 heteroatoms. The number of piperazine rings is 1. The Hall–Kier alpha value is -4.75. The van der Waals surface area contributed by atoms with Crippen LogP contribution in [-0.2, 0) is 57.0 Å². The van der Waals surface area contributed by atoms with E-state index in [9.17, 15) is 95.1 Å². The lowest BCUT2D eigenvalue weighted by Crippen LogP contribution is -2.69. The van der Waals surface area contributed by atoms with Gasteiger partial charge in [0.25, 0.3) is 0 Å². The summed E-state index contributed by atoms with van der Waals surface area (Å²) >= 11 is 0. The van der Waals surface area contributed by atoms with E-state index in [1.165, 1.54) is 26.3 Å². The molecule has 7 heterocycles. The number of aliphatic hydroxyl groups excluding tert-OH is 13. The molecule has 6 saturated heterocycles. The smallest absolute Gasteiger partial charge is 0.341 e. The van der Waals surface area contributed by atoms with Gasteiger partial charge in [0.15, 0.2) is 25.2 Å². The number of carbonyl (C=O) groups excluding carboxylic acids is 2. The van der Waals surface area contributed by atoms with Crippen LogP contribution in [0, 0.1) is 23.6 Å². The molecular weight excluding hydrogens is 1710 g/mol. The number of cyclic esters (lactones) is 1. The zero-order chi connectivity index (χ0) is 97.2. The minimum Gasteiger partial charge on any atom is -0.477 e. The summed E-state index contributed by atoms with van der Waals surface area (Å²) in [7, 11) is 7.12. The van der Waals surface area contributed by atoms with Crippen LogP contribution < -0.4 is 54.5 Å². The van der Waals surface area contributed by atoms with Crippen molar-refractivity contribution in [2.24, 2.45) is 40.7 Å². The van der Waals surface area contributed by atoms with Crippen LogP contribution in [0.2, 0.25) is 0 Å². The Kier molecular flexibility index (Phi) is 43.6. The van der Waals surface area contributed by atoms with E-state index in [2.05, 4.69) is 21.3 Å². The molecule has 752 valence electrons. The van der Waals surface area contributed by atoms with Crippen LogP contribution in [0.3, 0.4) is 0 Å². The number of ether oxygens (including phenoxy) is 10. The Balaban J connectivity index is 0.000000259. The van der Waals surface area contributed by atoms with Crippen LogP contribution >= 0.6 is 0 Å². The van der Waals surface area contributed by atoms with Crippen molar-refractivity contribution in [2.75, 3.05) is 112 Å². The van der Waals surface area contributed by atoms with Crippen LogP contribution in [0.1, 0.15) is 164 Å². The van der Waals surface area contributed by atoms with Gasteiger partial charge in [-0.25, -0.2) is 9.18 Å². The summed E-state index contributed by atoms with van der Waals surface area (Å²) in [5.41, 5.74) is 18.9. The third kappa shape index (κ3) is 28.3. The molecule has 8 fully saturated rings. The first-order chi connectivity index (χ1) is 61.1. The molecule has 1 aromatic heterocycles. The van der Waals surface area contributed by atoms with Crippen molar-refractivity contribution in [3.63, 3.8) is 0 Å². The highest BCUT2D eigenvalue weighted by atomic mass is 19.1. The van der Waals surface area contributed by atoms with Gasteiger partial charge in [0, 0.05) is 120 Å². The van der Waals surface area contributed by atoms with Gasteiger partial charge in [-0.3, -0.25) is 14.4 Å². The largest absolute Gasteiger partial charge is 0.477 e.